The first-order chi connectivity index (χ1) is 10.7. The number of hydrogen-bond donors (Lipinski definition) is 0. The van der Waals surface area contributed by atoms with Gasteiger partial charge in [0, 0.05) is 16.5 Å². The van der Waals surface area contributed by atoms with Gasteiger partial charge >= 0.3 is 11.9 Å². The van der Waals surface area contributed by atoms with Crippen LogP contribution in [-0.4, -0.2) is 30.0 Å². The Morgan fingerprint density at radius 1 is 1.00 bits per heavy atom. The van der Waals surface area contributed by atoms with Crippen molar-refractivity contribution in [1.29, 1.82) is 0 Å². The van der Waals surface area contributed by atoms with Crippen molar-refractivity contribution in [1.82, 2.24) is 0 Å². The Labute approximate surface area is 153 Å². The first-order valence-electron chi connectivity index (χ1n) is 7.81. The molecule has 0 N–H and O–H groups in total. The van der Waals surface area contributed by atoms with Crippen molar-refractivity contribution < 1.29 is 19.1 Å². The molecule has 0 fully saturated rings. The molecule has 2 atom stereocenters. The summed E-state index contributed by atoms with van der Waals surface area (Å²) < 4.78 is 9.99. The summed E-state index contributed by atoms with van der Waals surface area (Å²) in [6, 6.07) is 0. The number of alkyl halides is 1. The topological polar surface area (TPSA) is 52.6 Å². The number of rotatable bonds is 10. The lowest BCUT2D eigenvalue weighted by molar-refractivity contribution is -0.148. The van der Waals surface area contributed by atoms with Gasteiger partial charge in [0.25, 0.3) is 0 Å². The monoisotopic (exact) mass is 386 g/mol. The van der Waals surface area contributed by atoms with Crippen molar-refractivity contribution in [3.05, 3.63) is 10.1 Å². The highest BCUT2D eigenvalue weighted by Gasteiger charge is 2.37. The molecule has 0 amide bonds. The highest BCUT2D eigenvalue weighted by atomic mass is 35.5. The minimum absolute atomic E-state index is 0.0591. The first-order valence-corrected chi connectivity index (χ1v) is 8.94. The maximum Gasteiger partial charge on any atom is 0.327 e. The fourth-order valence-electron chi connectivity index (χ4n) is 1.93. The van der Waals surface area contributed by atoms with E-state index in [-0.39, 0.29) is 36.4 Å². The third-order valence-corrected chi connectivity index (χ3v) is 4.87. The third kappa shape index (κ3) is 7.32. The molecule has 0 heterocycles. The molecule has 7 heteroatoms. The number of carbonyl (C=O) groups excluding carboxylic acids is 2. The minimum atomic E-state index is -1.25. The summed E-state index contributed by atoms with van der Waals surface area (Å²) in [4.78, 5) is 22.5. The van der Waals surface area contributed by atoms with Crippen LogP contribution in [0.5, 0.6) is 0 Å². The Bertz CT molecular complexity index is 437. The van der Waals surface area contributed by atoms with E-state index in [0.29, 0.717) is 24.5 Å². The molecule has 0 saturated carbocycles. The molecule has 0 spiro atoms. The number of hydrogen-bond acceptors (Lipinski definition) is 4. The Morgan fingerprint density at radius 3 is 2.00 bits per heavy atom. The maximum atomic E-state index is 12.0. The second-order valence-electron chi connectivity index (χ2n) is 5.09. The van der Waals surface area contributed by atoms with E-state index in [4.69, 9.17) is 44.3 Å². The summed E-state index contributed by atoms with van der Waals surface area (Å²) >= 11 is 18.8. The molecule has 0 aromatic carbocycles. The molecule has 0 aliphatic carbocycles. The van der Waals surface area contributed by atoms with Crippen molar-refractivity contribution in [3.63, 3.8) is 0 Å². The number of carbonyl (C=O) groups is 2. The van der Waals surface area contributed by atoms with Gasteiger partial charge in [-0.25, -0.2) is 0 Å². The Morgan fingerprint density at radius 2 is 1.57 bits per heavy atom. The summed E-state index contributed by atoms with van der Waals surface area (Å²) in [5, 5.41) is 0.577. The Kier molecular flexibility index (Phi) is 10.9. The van der Waals surface area contributed by atoms with Crippen LogP contribution in [-0.2, 0) is 19.1 Å². The van der Waals surface area contributed by atoms with Crippen molar-refractivity contribution >= 4 is 46.7 Å². The SMILES string of the molecule is CCOC(=O)C(CC)CC(Cl)=C(Cl)CC(Cl)(CC)C(=O)OCC. The lowest BCUT2D eigenvalue weighted by atomic mass is 9.98. The molecule has 2 unspecified atom stereocenters. The van der Waals surface area contributed by atoms with Crippen molar-refractivity contribution in [2.75, 3.05) is 13.2 Å². The lowest BCUT2D eigenvalue weighted by Crippen LogP contribution is -2.34. The zero-order chi connectivity index (χ0) is 18.0. The molecule has 0 aromatic heterocycles. The van der Waals surface area contributed by atoms with Crippen LogP contribution in [0.25, 0.3) is 0 Å². The summed E-state index contributed by atoms with van der Waals surface area (Å²) in [6.07, 6.45) is 1.25. The number of ether oxygens (including phenoxy) is 2. The summed E-state index contributed by atoms with van der Waals surface area (Å²) in [5.41, 5.74) is 0. The largest absolute Gasteiger partial charge is 0.466 e. The minimum Gasteiger partial charge on any atom is -0.466 e. The van der Waals surface area contributed by atoms with Crippen LogP contribution in [0.15, 0.2) is 10.1 Å². The average Bonchev–Trinajstić information content (AvgIpc) is 2.52. The molecule has 0 saturated heterocycles. The van der Waals surface area contributed by atoms with Crippen molar-refractivity contribution in [3.8, 4) is 0 Å². The standard InChI is InChI=1S/C16H25Cl3O4/c1-5-11(14(20)22-7-3)9-12(17)13(18)10-16(19,6-2)15(21)23-8-4/h11H,5-10H2,1-4H3. The van der Waals surface area contributed by atoms with Crippen LogP contribution in [0, 0.1) is 5.92 Å². The van der Waals surface area contributed by atoms with Gasteiger partial charge in [-0.05, 0) is 33.1 Å². The van der Waals surface area contributed by atoms with Gasteiger partial charge in [-0.3, -0.25) is 9.59 Å². The molecule has 0 radical (unpaired) electrons. The normalized spacial score (nSPS) is 16.1. The van der Waals surface area contributed by atoms with E-state index < -0.39 is 10.8 Å². The van der Waals surface area contributed by atoms with Crippen LogP contribution < -0.4 is 0 Å². The number of esters is 2. The Balaban J connectivity index is 5.06. The summed E-state index contributed by atoms with van der Waals surface area (Å²) in [6.45, 7) is 7.65. The molecule has 0 aliphatic heterocycles. The molecule has 0 aliphatic rings. The predicted octanol–water partition coefficient (Wildman–Crippen LogP) is 5.00. The molecule has 0 rings (SSSR count). The van der Waals surface area contributed by atoms with Gasteiger partial charge in [-0.2, -0.15) is 0 Å². The Hall–Kier alpha value is -0.450. The quantitative estimate of drug-likeness (QED) is 0.391. The van der Waals surface area contributed by atoms with Gasteiger partial charge < -0.3 is 9.47 Å². The molecule has 134 valence electrons. The van der Waals surface area contributed by atoms with Gasteiger partial charge in [-0.15, -0.1) is 11.6 Å². The fraction of sp³-hybridized carbons (Fsp3) is 0.750. The lowest BCUT2D eigenvalue weighted by Gasteiger charge is -2.23. The van der Waals surface area contributed by atoms with Gasteiger partial charge in [0.1, 0.15) is 4.87 Å². The molecule has 4 nitrogen and oxygen atoms in total. The summed E-state index contributed by atoms with van der Waals surface area (Å²) in [7, 11) is 0. The smallest absolute Gasteiger partial charge is 0.327 e. The van der Waals surface area contributed by atoms with Gasteiger partial charge in [0.2, 0.25) is 0 Å². The van der Waals surface area contributed by atoms with E-state index >= 15 is 0 Å². The summed E-state index contributed by atoms with van der Waals surface area (Å²) in [5.74, 6) is -1.20. The van der Waals surface area contributed by atoms with E-state index in [1.165, 1.54) is 0 Å². The molecule has 0 bridgehead atoms. The van der Waals surface area contributed by atoms with Crippen LogP contribution >= 0.6 is 34.8 Å². The number of allylic oxidation sites excluding steroid dienone is 2. The first kappa shape index (κ1) is 22.6. The third-order valence-electron chi connectivity index (χ3n) is 3.47. The van der Waals surface area contributed by atoms with Crippen LogP contribution in [0.3, 0.4) is 0 Å². The maximum absolute atomic E-state index is 12.0. The van der Waals surface area contributed by atoms with Gasteiger partial charge in [-0.1, -0.05) is 37.0 Å². The second-order valence-corrected chi connectivity index (χ2v) is 6.72. The van der Waals surface area contributed by atoms with E-state index in [9.17, 15) is 9.59 Å². The van der Waals surface area contributed by atoms with Gasteiger partial charge in [0.15, 0.2) is 0 Å². The predicted molar refractivity (Wildman–Crippen MR) is 93.9 cm³/mol. The van der Waals surface area contributed by atoms with Crippen LogP contribution in [0.1, 0.15) is 53.4 Å². The van der Waals surface area contributed by atoms with E-state index in [0.717, 1.165) is 0 Å². The van der Waals surface area contributed by atoms with E-state index in [1.807, 2.05) is 6.92 Å². The molecule has 0 aromatic rings. The average molecular weight is 388 g/mol. The zero-order valence-corrected chi connectivity index (χ0v) is 16.4. The number of halogens is 3. The van der Waals surface area contributed by atoms with Gasteiger partial charge in [0.05, 0.1) is 19.1 Å². The zero-order valence-electron chi connectivity index (χ0n) is 14.1. The molecule has 23 heavy (non-hydrogen) atoms. The highest BCUT2D eigenvalue weighted by molar-refractivity contribution is 6.41. The van der Waals surface area contributed by atoms with Crippen LogP contribution in [0.4, 0.5) is 0 Å². The van der Waals surface area contributed by atoms with Crippen LogP contribution in [0.2, 0.25) is 0 Å². The molecular weight excluding hydrogens is 363 g/mol. The highest BCUT2D eigenvalue weighted by Crippen LogP contribution is 2.35. The fourth-order valence-corrected chi connectivity index (χ4v) is 2.74. The second kappa shape index (κ2) is 11.2. The van der Waals surface area contributed by atoms with Crippen molar-refractivity contribution in [2.45, 2.75) is 58.3 Å². The van der Waals surface area contributed by atoms with E-state index in [1.54, 1.807) is 20.8 Å². The molecular formula is C16H25Cl3O4. The van der Waals surface area contributed by atoms with Crippen molar-refractivity contribution in [2.24, 2.45) is 5.92 Å². The van der Waals surface area contributed by atoms with E-state index in [2.05, 4.69) is 0 Å².